The summed E-state index contributed by atoms with van der Waals surface area (Å²) in [7, 11) is 0. The quantitative estimate of drug-likeness (QED) is 0.460. The summed E-state index contributed by atoms with van der Waals surface area (Å²) in [5.41, 5.74) is 0.452. The molecule has 0 spiro atoms. The van der Waals surface area contributed by atoms with E-state index in [4.69, 9.17) is 3.86 Å². The van der Waals surface area contributed by atoms with Crippen molar-refractivity contribution in [3.05, 3.63) is 132 Å². The van der Waals surface area contributed by atoms with Gasteiger partial charge in [-0.1, -0.05) is 0 Å². The second-order valence-corrected chi connectivity index (χ2v) is 12.7. The number of hydrogen-bond acceptors (Lipinski definition) is 2. The zero-order chi connectivity index (χ0) is 19.2. The maximum atomic E-state index is 12.7. The summed E-state index contributed by atoms with van der Waals surface area (Å²) in [6.07, 6.45) is 0. The van der Waals surface area contributed by atoms with E-state index < -0.39 is 13.4 Å². The molecule has 0 heterocycles. The molecular formula is C25H20AsNO. The van der Waals surface area contributed by atoms with E-state index in [1.54, 1.807) is 12.1 Å². The molecule has 0 aromatic heterocycles. The predicted octanol–water partition coefficient (Wildman–Crippen LogP) is 3.61. The van der Waals surface area contributed by atoms with Crippen LogP contribution in [0.4, 0.5) is 5.69 Å². The number of benzene rings is 3. The molecule has 28 heavy (non-hydrogen) atoms. The fourth-order valence-electron chi connectivity index (χ4n) is 3.32. The molecule has 0 saturated carbocycles. The summed E-state index contributed by atoms with van der Waals surface area (Å²) < 4.78 is 8.85. The standard InChI is InChI=1S/C25H20AsNO/c28-25-20-12-4-11-19-24(25)27-26(21-13-5-1-6-14-21,22-15-7-2-8-16-22)23-17-9-3-10-18-23/h1-20H. The summed E-state index contributed by atoms with van der Waals surface area (Å²) in [5, 5.41) is 0. The van der Waals surface area contributed by atoms with Gasteiger partial charge in [-0.25, -0.2) is 0 Å². The molecule has 2 nitrogen and oxygen atoms in total. The van der Waals surface area contributed by atoms with Crippen LogP contribution >= 0.6 is 0 Å². The molecule has 0 saturated heterocycles. The van der Waals surface area contributed by atoms with Crippen molar-refractivity contribution in [2.45, 2.75) is 0 Å². The molecule has 0 aliphatic carbocycles. The third-order valence-electron chi connectivity index (χ3n) is 4.62. The van der Waals surface area contributed by atoms with Gasteiger partial charge in [0.15, 0.2) is 0 Å². The van der Waals surface area contributed by atoms with Crippen LogP contribution in [-0.2, 0) is 0 Å². The van der Waals surface area contributed by atoms with Crippen LogP contribution in [0.25, 0.3) is 0 Å². The Kier molecular flexibility index (Phi) is 5.41. The van der Waals surface area contributed by atoms with E-state index in [1.807, 2.05) is 36.4 Å². The van der Waals surface area contributed by atoms with Gasteiger partial charge in [0.2, 0.25) is 0 Å². The molecule has 0 aliphatic heterocycles. The normalized spacial score (nSPS) is 11.0. The molecule has 0 radical (unpaired) electrons. The fourth-order valence-corrected chi connectivity index (χ4v) is 10.7. The van der Waals surface area contributed by atoms with Crippen LogP contribution in [0, 0.1) is 0 Å². The van der Waals surface area contributed by atoms with Crippen LogP contribution in [-0.4, -0.2) is 13.4 Å². The first-order chi connectivity index (χ1) is 13.8. The minimum atomic E-state index is -3.28. The molecule has 4 aromatic carbocycles. The van der Waals surface area contributed by atoms with Gasteiger partial charge < -0.3 is 0 Å². The Morgan fingerprint density at radius 2 is 0.821 bits per heavy atom. The van der Waals surface area contributed by atoms with Crippen LogP contribution < -0.4 is 18.5 Å². The second kappa shape index (κ2) is 8.29. The van der Waals surface area contributed by atoms with Gasteiger partial charge in [-0.3, -0.25) is 0 Å². The monoisotopic (exact) mass is 425 g/mol. The van der Waals surface area contributed by atoms with Gasteiger partial charge in [-0.15, -0.1) is 0 Å². The van der Waals surface area contributed by atoms with Gasteiger partial charge in [-0.05, 0) is 0 Å². The molecule has 0 aliphatic rings. The molecule has 0 bridgehead atoms. The van der Waals surface area contributed by atoms with Crippen LogP contribution in [0.15, 0.2) is 130 Å². The molecule has 4 rings (SSSR count). The molecule has 3 heteroatoms. The van der Waals surface area contributed by atoms with Crippen molar-refractivity contribution >= 4 is 32.1 Å². The van der Waals surface area contributed by atoms with E-state index in [0.29, 0.717) is 5.69 Å². The van der Waals surface area contributed by atoms with Crippen LogP contribution in [0.2, 0.25) is 0 Å². The Morgan fingerprint density at radius 3 is 1.25 bits per heavy atom. The molecule has 0 N–H and O–H groups in total. The minimum absolute atomic E-state index is 0.0569. The van der Waals surface area contributed by atoms with E-state index in [2.05, 4.69) is 72.8 Å². The zero-order valence-corrected chi connectivity index (χ0v) is 17.2. The van der Waals surface area contributed by atoms with Crippen LogP contribution in [0.3, 0.4) is 0 Å². The molecule has 0 atom stereocenters. The van der Waals surface area contributed by atoms with Gasteiger partial charge in [0.05, 0.1) is 0 Å². The van der Waals surface area contributed by atoms with Crippen molar-refractivity contribution in [2.24, 2.45) is 3.86 Å². The van der Waals surface area contributed by atoms with Gasteiger partial charge in [0.1, 0.15) is 0 Å². The van der Waals surface area contributed by atoms with E-state index in [0.717, 1.165) is 0 Å². The van der Waals surface area contributed by atoms with Crippen molar-refractivity contribution < 1.29 is 0 Å². The van der Waals surface area contributed by atoms with Gasteiger partial charge in [-0.2, -0.15) is 0 Å². The van der Waals surface area contributed by atoms with Crippen LogP contribution in [0.5, 0.6) is 0 Å². The Bertz CT molecular complexity index is 1070. The number of nitrogens with zero attached hydrogens (tertiary/aromatic N) is 1. The van der Waals surface area contributed by atoms with Crippen molar-refractivity contribution in [1.82, 2.24) is 0 Å². The van der Waals surface area contributed by atoms with Crippen molar-refractivity contribution in [1.29, 1.82) is 0 Å². The topological polar surface area (TPSA) is 29.4 Å². The Labute approximate surface area is 167 Å². The first kappa shape index (κ1) is 18.3. The fraction of sp³-hybridized carbons (Fsp3) is 0. The summed E-state index contributed by atoms with van der Waals surface area (Å²) in [6.45, 7) is 0. The third-order valence-corrected chi connectivity index (χ3v) is 12.3. The zero-order valence-electron chi connectivity index (χ0n) is 15.3. The van der Waals surface area contributed by atoms with Gasteiger partial charge >= 0.3 is 168 Å². The number of hydrogen-bond donors (Lipinski definition) is 0. The Balaban J connectivity index is 2.19. The SMILES string of the molecule is O=c1cccccc1N=[As](c1ccccc1)(c1ccccc1)c1ccccc1. The molecule has 0 fully saturated rings. The van der Waals surface area contributed by atoms with E-state index >= 15 is 0 Å². The Morgan fingerprint density at radius 1 is 0.464 bits per heavy atom. The van der Waals surface area contributed by atoms with Crippen molar-refractivity contribution in [3.8, 4) is 0 Å². The van der Waals surface area contributed by atoms with Crippen molar-refractivity contribution in [2.75, 3.05) is 0 Å². The average molecular weight is 425 g/mol. The van der Waals surface area contributed by atoms with Gasteiger partial charge in [0, 0.05) is 0 Å². The molecule has 0 amide bonds. The predicted molar refractivity (Wildman–Crippen MR) is 119 cm³/mol. The second-order valence-electron chi connectivity index (χ2n) is 6.40. The van der Waals surface area contributed by atoms with E-state index in [9.17, 15) is 4.79 Å². The molecule has 4 aromatic rings. The molecule has 0 unspecified atom stereocenters. The van der Waals surface area contributed by atoms with Crippen molar-refractivity contribution in [3.63, 3.8) is 0 Å². The first-order valence-electron chi connectivity index (χ1n) is 9.19. The average Bonchev–Trinajstić information content (AvgIpc) is 2.98. The molecular weight excluding hydrogens is 405 g/mol. The van der Waals surface area contributed by atoms with Crippen LogP contribution in [0.1, 0.15) is 0 Å². The maximum absolute atomic E-state index is 12.7. The van der Waals surface area contributed by atoms with E-state index in [-0.39, 0.29) is 5.43 Å². The van der Waals surface area contributed by atoms with Gasteiger partial charge in [0.25, 0.3) is 0 Å². The molecule has 136 valence electrons. The summed E-state index contributed by atoms with van der Waals surface area (Å²) in [5.74, 6) is 0. The summed E-state index contributed by atoms with van der Waals surface area (Å²) in [6, 6.07) is 40.1. The number of rotatable bonds is 4. The third kappa shape index (κ3) is 3.52. The summed E-state index contributed by atoms with van der Waals surface area (Å²) in [4.78, 5) is 12.7. The first-order valence-corrected chi connectivity index (χ1v) is 12.8. The Hall–Kier alpha value is -3.09. The van der Waals surface area contributed by atoms with E-state index in [1.165, 1.54) is 13.1 Å². The summed E-state index contributed by atoms with van der Waals surface area (Å²) >= 11 is -3.28.